The summed E-state index contributed by atoms with van der Waals surface area (Å²) in [5, 5.41) is 5.96. The number of rotatable bonds is 9. The SMILES string of the molecule is CCN(CC)CCN(Cc1cccs1)S(=O)(=O)c1cnn(C)c1. The quantitative estimate of drug-likeness (QED) is 0.690. The Morgan fingerprint density at radius 1 is 1.26 bits per heavy atom. The van der Waals surface area contributed by atoms with Crippen molar-refractivity contribution in [1.82, 2.24) is 19.0 Å². The van der Waals surface area contributed by atoms with Crippen LogP contribution in [0.15, 0.2) is 34.8 Å². The minimum Gasteiger partial charge on any atom is -0.303 e. The summed E-state index contributed by atoms with van der Waals surface area (Å²) >= 11 is 1.57. The molecule has 0 bridgehead atoms. The fourth-order valence-electron chi connectivity index (χ4n) is 2.33. The van der Waals surface area contributed by atoms with Gasteiger partial charge in [-0.25, -0.2) is 8.42 Å². The zero-order valence-corrected chi connectivity index (χ0v) is 15.5. The monoisotopic (exact) mass is 356 g/mol. The topological polar surface area (TPSA) is 58.4 Å². The fourth-order valence-corrected chi connectivity index (χ4v) is 4.53. The molecular formula is C15H24N4O2S2. The third-order valence-electron chi connectivity index (χ3n) is 3.79. The van der Waals surface area contributed by atoms with E-state index in [1.54, 1.807) is 28.9 Å². The molecule has 0 aliphatic carbocycles. The van der Waals surface area contributed by atoms with Crippen LogP contribution >= 0.6 is 11.3 Å². The van der Waals surface area contributed by atoms with E-state index in [0.717, 1.165) is 24.5 Å². The molecule has 0 saturated heterocycles. The molecule has 2 aromatic rings. The van der Waals surface area contributed by atoms with Crippen LogP contribution in [0.1, 0.15) is 18.7 Å². The molecule has 2 aromatic heterocycles. The van der Waals surface area contributed by atoms with Crippen molar-refractivity contribution in [2.45, 2.75) is 25.3 Å². The molecule has 0 amide bonds. The average molecular weight is 357 g/mol. The number of thiophene rings is 1. The lowest BCUT2D eigenvalue weighted by molar-refractivity contribution is 0.269. The maximum absolute atomic E-state index is 12.9. The molecule has 0 saturated carbocycles. The summed E-state index contributed by atoms with van der Waals surface area (Å²) in [5.74, 6) is 0. The smallest absolute Gasteiger partial charge is 0.246 e. The highest BCUT2D eigenvalue weighted by Gasteiger charge is 2.26. The van der Waals surface area contributed by atoms with Crippen LogP contribution in [0.4, 0.5) is 0 Å². The van der Waals surface area contributed by atoms with Crippen LogP contribution in [0, 0.1) is 0 Å². The summed E-state index contributed by atoms with van der Waals surface area (Å²) in [4.78, 5) is 3.51. The molecule has 0 unspecified atom stereocenters. The third kappa shape index (κ3) is 4.63. The maximum atomic E-state index is 12.9. The van der Waals surface area contributed by atoms with Crippen molar-refractivity contribution in [3.63, 3.8) is 0 Å². The Balaban J connectivity index is 2.21. The van der Waals surface area contributed by atoms with Crippen molar-refractivity contribution in [2.24, 2.45) is 7.05 Å². The van der Waals surface area contributed by atoms with E-state index in [1.807, 2.05) is 17.5 Å². The number of aromatic nitrogens is 2. The van der Waals surface area contributed by atoms with E-state index < -0.39 is 10.0 Å². The predicted molar refractivity (Wildman–Crippen MR) is 92.9 cm³/mol. The number of likely N-dealkylation sites (N-methyl/N-ethyl adjacent to an activating group) is 1. The van der Waals surface area contributed by atoms with Crippen LogP contribution in [0.2, 0.25) is 0 Å². The summed E-state index contributed by atoms with van der Waals surface area (Å²) in [6, 6.07) is 3.91. The van der Waals surface area contributed by atoms with Crippen LogP contribution in [-0.4, -0.2) is 53.6 Å². The van der Waals surface area contributed by atoms with Gasteiger partial charge >= 0.3 is 0 Å². The lowest BCUT2D eigenvalue weighted by atomic mass is 10.4. The van der Waals surface area contributed by atoms with Crippen LogP contribution in [0.3, 0.4) is 0 Å². The molecule has 0 atom stereocenters. The van der Waals surface area contributed by atoms with E-state index in [0.29, 0.717) is 13.1 Å². The van der Waals surface area contributed by atoms with Crippen molar-refractivity contribution in [2.75, 3.05) is 26.2 Å². The highest BCUT2D eigenvalue weighted by Crippen LogP contribution is 2.20. The van der Waals surface area contributed by atoms with Gasteiger partial charge in [-0.05, 0) is 24.5 Å². The van der Waals surface area contributed by atoms with Crippen molar-refractivity contribution in [3.8, 4) is 0 Å². The largest absolute Gasteiger partial charge is 0.303 e. The first kappa shape index (κ1) is 18.1. The van der Waals surface area contributed by atoms with Gasteiger partial charge in [-0.15, -0.1) is 11.3 Å². The molecule has 128 valence electrons. The van der Waals surface area contributed by atoms with Gasteiger partial charge in [0.15, 0.2) is 0 Å². The van der Waals surface area contributed by atoms with Gasteiger partial charge in [-0.2, -0.15) is 9.40 Å². The van der Waals surface area contributed by atoms with Gasteiger partial charge in [0.25, 0.3) is 0 Å². The molecule has 0 radical (unpaired) electrons. The van der Waals surface area contributed by atoms with E-state index in [-0.39, 0.29) is 4.90 Å². The summed E-state index contributed by atoms with van der Waals surface area (Å²) in [6.07, 6.45) is 2.96. The normalized spacial score (nSPS) is 12.4. The Kier molecular flexibility index (Phi) is 6.34. The summed E-state index contributed by atoms with van der Waals surface area (Å²) in [6.45, 7) is 7.59. The van der Waals surface area contributed by atoms with Crippen molar-refractivity contribution >= 4 is 21.4 Å². The number of hydrogen-bond acceptors (Lipinski definition) is 5. The molecule has 0 aliphatic rings. The van der Waals surface area contributed by atoms with Crippen LogP contribution in [0.25, 0.3) is 0 Å². The molecule has 0 N–H and O–H groups in total. The lowest BCUT2D eigenvalue weighted by Gasteiger charge is -2.25. The Morgan fingerprint density at radius 3 is 2.52 bits per heavy atom. The Labute approximate surface area is 142 Å². The molecule has 6 nitrogen and oxygen atoms in total. The third-order valence-corrected chi connectivity index (χ3v) is 6.45. The zero-order chi connectivity index (χ0) is 16.9. The maximum Gasteiger partial charge on any atom is 0.246 e. The summed E-state index contributed by atoms with van der Waals surface area (Å²) in [7, 11) is -1.82. The first-order chi connectivity index (χ1) is 11.0. The molecule has 2 rings (SSSR count). The number of nitrogens with zero attached hydrogens (tertiary/aromatic N) is 4. The molecule has 0 aliphatic heterocycles. The van der Waals surface area contributed by atoms with Crippen LogP contribution in [-0.2, 0) is 23.6 Å². The fraction of sp³-hybridized carbons (Fsp3) is 0.533. The van der Waals surface area contributed by atoms with E-state index in [4.69, 9.17) is 0 Å². The predicted octanol–water partition coefficient (Wildman–Crippen LogP) is 2.01. The summed E-state index contributed by atoms with van der Waals surface area (Å²) in [5.41, 5.74) is 0. The van der Waals surface area contributed by atoms with Gasteiger partial charge in [0, 0.05) is 37.8 Å². The molecule has 8 heteroatoms. The summed E-state index contributed by atoms with van der Waals surface area (Å²) < 4.78 is 28.9. The molecule has 0 spiro atoms. The minimum absolute atomic E-state index is 0.246. The molecular weight excluding hydrogens is 332 g/mol. The van der Waals surface area contributed by atoms with Gasteiger partial charge < -0.3 is 4.90 Å². The van der Waals surface area contributed by atoms with E-state index >= 15 is 0 Å². The minimum atomic E-state index is -3.54. The standard InChI is InChI=1S/C15H24N4O2S2/c1-4-18(5-2)8-9-19(12-14-7-6-10-22-14)23(20,21)15-11-16-17(3)13-15/h6-7,10-11,13H,4-5,8-9,12H2,1-3H3. The number of sulfonamides is 1. The van der Waals surface area contributed by atoms with E-state index in [2.05, 4.69) is 23.8 Å². The highest BCUT2D eigenvalue weighted by molar-refractivity contribution is 7.89. The van der Waals surface area contributed by atoms with Gasteiger partial charge in [0.05, 0.1) is 6.20 Å². The Hall–Kier alpha value is -1.22. The molecule has 0 fully saturated rings. The van der Waals surface area contributed by atoms with Gasteiger partial charge in [0.2, 0.25) is 10.0 Å². The Bertz CT molecular complexity index is 691. The molecule has 0 aromatic carbocycles. The highest BCUT2D eigenvalue weighted by atomic mass is 32.2. The number of hydrogen-bond donors (Lipinski definition) is 0. The second-order valence-corrected chi connectivity index (χ2v) is 8.26. The lowest BCUT2D eigenvalue weighted by Crippen LogP contribution is -2.38. The average Bonchev–Trinajstić information content (AvgIpc) is 3.18. The van der Waals surface area contributed by atoms with Crippen molar-refractivity contribution < 1.29 is 8.42 Å². The zero-order valence-electron chi connectivity index (χ0n) is 13.8. The van der Waals surface area contributed by atoms with E-state index in [1.165, 1.54) is 10.9 Å². The molecule has 2 heterocycles. The van der Waals surface area contributed by atoms with E-state index in [9.17, 15) is 8.42 Å². The molecule has 23 heavy (non-hydrogen) atoms. The van der Waals surface area contributed by atoms with Crippen LogP contribution < -0.4 is 0 Å². The second kappa shape index (κ2) is 8.05. The second-order valence-electron chi connectivity index (χ2n) is 5.29. The van der Waals surface area contributed by atoms with Crippen LogP contribution in [0.5, 0.6) is 0 Å². The first-order valence-electron chi connectivity index (χ1n) is 7.71. The van der Waals surface area contributed by atoms with Gasteiger partial charge in [0.1, 0.15) is 4.90 Å². The number of aryl methyl sites for hydroxylation is 1. The van der Waals surface area contributed by atoms with Crippen molar-refractivity contribution in [3.05, 3.63) is 34.8 Å². The van der Waals surface area contributed by atoms with Crippen molar-refractivity contribution in [1.29, 1.82) is 0 Å². The first-order valence-corrected chi connectivity index (χ1v) is 10.0. The Morgan fingerprint density at radius 2 is 2.00 bits per heavy atom. The van der Waals surface area contributed by atoms with Gasteiger partial charge in [-0.3, -0.25) is 4.68 Å². The van der Waals surface area contributed by atoms with Gasteiger partial charge in [-0.1, -0.05) is 19.9 Å².